The molecule has 1 aromatic rings. The van der Waals surface area contributed by atoms with Crippen LogP contribution in [0.15, 0.2) is 15.7 Å². The third-order valence-electron chi connectivity index (χ3n) is 3.01. The van der Waals surface area contributed by atoms with Crippen LogP contribution < -0.4 is 21.9 Å². The van der Waals surface area contributed by atoms with Crippen LogP contribution >= 0.6 is 0 Å². The summed E-state index contributed by atoms with van der Waals surface area (Å²) in [7, 11) is 1.46. The molecule has 1 aliphatic heterocycles. The average Bonchev–Trinajstić information content (AvgIpc) is 2.26. The summed E-state index contributed by atoms with van der Waals surface area (Å²) in [6.45, 7) is 1.56. The smallest absolute Gasteiger partial charge is 0.329 e. The van der Waals surface area contributed by atoms with Gasteiger partial charge in [-0.1, -0.05) is 0 Å². The zero-order valence-electron chi connectivity index (χ0n) is 9.27. The fourth-order valence-corrected chi connectivity index (χ4v) is 1.85. The zero-order chi connectivity index (χ0) is 11.7. The third kappa shape index (κ3) is 2.01. The van der Waals surface area contributed by atoms with Gasteiger partial charge in [0.1, 0.15) is 5.82 Å². The number of piperidine rings is 1. The molecule has 0 spiro atoms. The van der Waals surface area contributed by atoms with Gasteiger partial charge < -0.3 is 10.6 Å². The quantitative estimate of drug-likeness (QED) is 0.641. The molecule has 1 aromatic heterocycles. The molecule has 2 heterocycles. The monoisotopic (exact) mass is 224 g/mol. The Morgan fingerprint density at radius 2 is 2.00 bits per heavy atom. The van der Waals surface area contributed by atoms with Crippen molar-refractivity contribution in [2.45, 2.75) is 18.9 Å². The number of rotatable bonds is 1. The van der Waals surface area contributed by atoms with Crippen LogP contribution in [-0.2, 0) is 7.05 Å². The molecule has 0 atom stereocenters. The van der Waals surface area contributed by atoms with Gasteiger partial charge in [-0.25, -0.2) is 4.79 Å². The molecule has 1 saturated heterocycles. The molecular formula is C10H16N4O2. The molecule has 0 amide bonds. The standard InChI is InChI=1S/C10H16N4O2/c1-13-9(15)6-8(12-10(13)16)14-4-2-7(11)3-5-14/h6-7H,2-5,11H2,1H3,(H,12,16). The molecule has 1 aliphatic rings. The van der Waals surface area contributed by atoms with Crippen LogP contribution in [0, 0.1) is 0 Å². The van der Waals surface area contributed by atoms with Gasteiger partial charge in [-0.05, 0) is 12.8 Å². The highest BCUT2D eigenvalue weighted by Gasteiger charge is 2.17. The molecule has 0 radical (unpaired) electrons. The number of nitrogens with zero attached hydrogens (tertiary/aromatic N) is 2. The van der Waals surface area contributed by atoms with Gasteiger partial charge in [0, 0.05) is 32.2 Å². The number of hydrogen-bond donors (Lipinski definition) is 2. The first-order valence-electron chi connectivity index (χ1n) is 5.39. The van der Waals surface area contributed by atoms with Crippen LogP contribution in [0.25, 0.3) is 0 Å². The SMILES string of the molecule is Cn1c(=O)cc(N2CCC(N)CC2)[nH]c1=O. The molecule has 0 bridgehead atoms. The summed E-state index contributed by atoms with van der Waals surface area (Å²) in [5.74, 6) is 0.597. The van der Waals surface area contributed by atoms with Gasteiger partial charge in [-0.2, -0.15) is 0 Å². The van der Waals surface area contributed by atoms with Crippen molar-refractivity contribution in [3.63, 3.8) is 0 Å². The Hall–Kier alpha value is -1.56. The summed E-state index contributed by atoms with van der Waals surface area (Å²) >= 11 is 0. The van der Waals surface area contributed by atoms with E-state index in [4.69, 9.17) is 5.73 Å². The van der Waals surface area contributed by atoms with Crippen LogP contribution in [0.2, 0.25) is 0 Å². The fraction of sp³-hybridized carbons (Fsp3) is 0.600. The number of nitrogens with one attached hydrogen (secondary N) is 1. The Kier molecular flexibility index (Phi) is 2.82. The summed E-state index contributed by atoms with van der Waals surface area (Å²) in [4.78, 5) is 27.6. The zero-order valence-corrected chi connectivity index (χ0v) is 9.27. The normalized spacial score (nSPS) is 17.8. The molecule has 0 aromatic carbocycles. The van der Waals surface area contributed by atoms with Gasteiger partial charge in [-0.15, -0.1) is 0 Å². The average molecular weight is 224 g/mol. The van der Waals surface area contributed by atoms with E-state index < -0.39 is 0 Å². The van der Waals surface area contributed by atoms with Gasteiger partial charge in [0.05, 0.1) is 0 Å². The minimum absolute atomic E-state index is 0.231. The molecule has 3 N–H and O–H groups in total. The first-order valence-corrected chi connectivity index (χ1v) is 5.39. The molecule has 0 unspecified atom stereocenters. The van der Waals surface area contributed by atoms with Gasteiger partial charge in [0.25, 0.3) is 5.56 Å². The van der Waals surface area contributed by atoms with Gasteiger partial charge in [-0.3, -0.25) is 14.3 Å². The largest absolute Gasteiger partial charge is 0.358 e. The number of aromatic nitrogens is 2. The predicted octanol–water partition coefficient (Wildman–Crippen LogP) is -0.999. The van der Waals surface area contributed by atoms with E-state index in [-0.39, 0.29) is 17.3 Å². The van der Waals surface area contributed by atoms with Crippen LogP contribution in [-0.4, -0.2) is 28.7 Å². The van der Waals surface area contributed by atoms with Crippen molar-refractivity contribution in [1.29, 1.82) is 0 Å². The van der Waals surface area contributed by atoms with Gasteiger partial charge >= 0.3 is 5.69 Å². The number of hydrogen-bond acceptors (Lipinski definition) is 4. The maximum atomic E-state index is 11.5. The van der Waals surface area contributed by atoms with E-state index in [2.05, 4.69) is 4.98 Å². The Balaban J connectivity index is 2.28. The molecule has 0 aliphatic carbocycles. The highest BCUT2D eigenvalue weighted by molar-refractivity contribution is 5.37. The number of H-pyrrole nitrogens is 1. The second kappa shape index (κ2) is 4.13. The third-order valence-corrected chi connectivity index (χ3v) is 3.01. The lowest BCUT2D eigenvalue weighted by Gasteiger charge is -2.31. The van der Waals surface area contributed by atoms with E-state index >= 15 is 0 Å². The topological polar surface area (TPSA) is 84.1 Å². The molecular weight excluding hydrogens is 208 g/mol. The Labute approximate surface area is 92.7 Å². The lowest BCUT2D eigenvalue weighted by atomic mass is 10.1. The highest BCUT2D eigenvalue weighted by atomic mass is 16.2. The molecule has 2 rings (SSSR count). The predicted molar refractivity (Wildman–Crippen MR) is 61.7 cm³/mol. The first kappa shape index (κ1) is 10.9. The van der Waals surface area contributed by atoms with Gasteiger partial charge in [0.2, 0.25) is 0 Å². The van der Waals surface area contributed by atoms with Crippen molar-refractivity contribution >= 4 is 5.82 Å². The summed E-state index contributed by atoms with van der Waals surface area (Å²) in [6.07, 6.45) is 1.77. The van der Waals surface area contributed by atoms with E-state index in [1.807, 2.05) is 4.90 Å². The minimum Gasteiger partial charge on any atom is -0.358 e. The molecule has 6 nitrogen and oxygen atoms in total. The molecule has 6 heteroatoms. The second-order valence-corrected chi connectivity index (χ2v) is 4.18. The van der Waals surface area contributed by atoms with E-state index in [1.165, 1.54) is 13.1 Å². The van der Waals surface area contributed by atoms with E-state index in [0.29, 0.717) is 5.82 Å². The van der Waals surface area contributed by atoms with E-state index in [0.717, 1.165) is 30.5 Å². The van der Waals surface area contributed by atoms with E-state index in [1.54, 1.807) is 0 Å². The van der Waals surface area contributed by atoms with Gasteiger partial charge in [0.15, 0.2) is 0 Å². The van der Waals surface area contributed by atoms with E-state index in [9.17, 15) is 9.59 Å². The van der Waals surface area contributed by atoms with Crippen molar-refractivity contribution < 1.29 is 0 Å². The van der Waals surface area contributed by atoms with Crippen LogP contribution in [0.4, 0.5) is 5.82 Å². The Morgan fingerprint density at radius 1 is 1.38 bits per heavy atom. The maximum absolute atomic E-state index is 11.5. The number of nitrogens with two attached hydrogens (primary N) is 1. The highest BCUT2D eigenvalue weighted by Crippen LogP contribution is 2.13. The summed E-state index contributed by atoms with van der Waals surface area (Å²) in [5.41, 5.74) is 5.13. The molecule has 16 heavy (non-hydrogen) atoms. The van der Waals surface area contributed by atoms with Crippen molar-refractivity contribution in [2.75, 3.05) is 18.0 Å². The molecule has 88 valence electrons. The summed E-state index contributed by atoms with van der Waals surface area (Å²) < 4.78 is 1.05. The lowest BCUT2D eigenvalue weighted by Crippen LogP contribution is -2.42. The van der Waals surface area contributed by atoms with Crippen molar-refractivity contribution in [3.8, 4) is 0 Å². The van der Waals surface area contributed by atoms with Crippen LogP contribution in [0.1, 0.15) is 12.8 Å². The van der Waals surface area contributed by atoms with Crippen LogP contribution in [0.5, 0.6) is 0 Å². The van der Waals surface area contributed by atoms with Crippen molar-refractivity contribution in [1.82, 2.24) is 9.55 Å². The Bertz CT molecular complexity index is 451. The van der Waals surface area contributed by atoms with Crippen LogP contribution in [0.3, 0.4) is 0 Å². The fourth-order valence-electron chi connectivity index (χ4n) is 1.85. The van der Waals surface area contributed by atoms with Crippen molar-refractivity contribution in [2.24, 2.45) is 12.8 Å². The Morgan fingerprint density at radius 3 is 2.56 bits per heavy atom. The first-order chi connectivity index (χ1) is 7.58. The number of anilines is 1. The lowest BCUT2D eigenvalue weighted by molar-refractivity contribution is 0.497. The number of aromatic amines is 1. The second-order valence-electron chi connectivity index (χ2n) is 4.18. The minimum atomic E-state index is -0.377. The molecule has 1 fully saturated rings. The summed E-state index contributed by atoms with van der Waals surface area (Å²) in [5, 5.41) is 0. The van der Waals surface area contributed by atoms with Crippen molar-refractivity contribution in [3.05, 3.63) is 26.9 Å². The summed E-state index contributed by atoms with van der Waals surface area (Å²) in [6, 6.07) is 1.69. The maximum Gasteiger partial charge on any atom is 0.329 e. The molecule has 0 saturated carbocycles.